The summed E-state index contributed by atoms with van der Waals surface area (Å²) in [6.45, 7) is 1.29. The molecule has 2 heterocycles. The molecule has 1 aliphatic rings. The van der Waals surface area contributed by atoms with E-state index in [1.54, 1.807) is 47.4 Å². The first-order chi connectivity index (χ1) is 16.2. The minimum Gasteiger partial charge on any atom is -0.366 e. The molecular weight excluding hydrogens is 495 g/mol. The minimum absolute atomic E-state index is 0.0533. The summed E-state index contributed by atoms with van der Waals surface area (Å²) >= 11 is 18.5. The van der Waals surface area contributed by atoms with Crippen molar-refractivity contribution in [2.75, 3.05) is 25.0 Å². The molecule has 0 aliphatic carbocycles. The average molecular weight is 518 g/mol. The molecule has 1 saturated heterocycles. The largest absolute Gasteiger partial charge is 0.366 e. The number of hydrogen-bond acceptors (Lipinski definition) is 4. The van der Waals surface area contributed by atoms with Crippen molar-refractivity contribution in [3.05, 3.63) is 92.6 Å². The van der Waals surface area contributed by atoms with Gasteiger partial charge in [0.15, 0.2) is 0 Å². The van der Waals surface area contributed by atoms with Crippen LogP contribution in [0, 0.1) is 0 Å². The number of carbonyl (C=O) groups is 2. The number of pyridine rings is 1. The van der Waals surface area contributed by atoms with E-state index in [-0.39, 0.29) is 17.9 Å². The van der Waals surface area contributed by atoms with E-state index in [2.05, 4.69) is 9.88 Å². The third-order valence-electron chi connectivity index (χ3n) is 6.21. The Bertz CT molecular complexity index is 1200. The Balaban J connectivity index is 1.64. The second kappa shape index (κ2) is 10.2. The number of primary amides is 1. The van der Waals surface area contributed by atoms with Crippen LogP contribution < -0.4 is 10.6 Å². The molecule has 3 aromatic rings. The number of halogens is 3. The molecule has 2 N–H and O–H groups in total. The zero-order valence-electron chi connectivity index (χ0n) is 18.4. The highest BCUT2D eigenvalue weighted by Gasteiger charge is 2.36. The smallest absolute Gasteiger partial charge is 0.253 e. The van der Waals surface area contributed by atoms with Crippen molar-refractivity contribution in [3.8, 4) is 0 Å². The molecule has 1 aliphatic heterocycles. The van der Waals surface area contributed by atoms with Crippen molar-refractivity contribution >= 4 is 52.4 Å². The molecule has 2 aromatic carbocycles. The Labute approximate surface area is 213 Å². The normalized spacial score (nSPS) is 17.9. The first-order valence-electron chi connectivity index (χ1n) is 10.7. The fourth-order valence-corrected chi connectivity index (χ4v) is 4.78. The maximum atomic E-state index is 13.3. The lowest BCUT2D eigenvalue weighted by molar-refractivity contribution is 0.0687. The van der Waals surface area contributed by atoms with Gasteiger partial charge in [0.05, 0.1) is 15.6 Å². The van der Waals surface area contributed by atoms with Gasteiger partial charge in [0.1, 0.15) is 5.82 Å². The van der Waals surface area contributed by atoms with Crippen LogP contribution in [-0.4, -0.2) is 47.9 Å². The third-order valence-corrected chi connectivity index (χ3v) is 7.20. The van der Waals surface area contributed by atoms with E-state index in [9.17, 15) is 9.59 Å². The van der Waals surface area contributed by atoms with E-state index in [1.165, 1.54) is 6.20 Å². The second-order valence-electron chi connectivity index (χ2n) is 8.27. The molecular formula is C25H23Cl3N4O2. The van der Waals surface area contributed by atoms with Crippen LogP contribution in [0.1, 0.15) is 38.6 Å². The van der Waals surface area contributed by atoms with Crippen LogP contribution in [0.2, 0.25) is 15.1 Å². The SMILES string of the molecule is CN(C(=O)c1ccc(Cl)cc1)C1CCN(c2ccc(C(N)=O)cn2)CC1c1ccc(Cl)c(Cl)c1. The van der Waals surface area contributed by atoms with E-state index in [4.69, 9.17) is 40.5 Å². The fourth-order valence-electron chi connectivity index (χ4n) is 4.35. The quantitative estimate of drug-likeness (QED) is 0.500. The highest BCUT2D eigenvalue weighted by molar-refractivity contribution is 6.42. The zero-order valence-corrected chi connectivity index (χ0v) is 20.7. The Hall–Kier alpha value is -2.80. The Morgan fingerprint density at radius 1 is 1.00 bits per heavy atom. The number of nitrogens with two attached hydrogens (primary N) is 1. The molecule has 1 fully saturated rings. The van der Waals surface area contributed by atoms with Crippen LogP contribution >= 0.6 is 34.8 Å². The molecule has 0 spiro atoms. The van der Waals surface area contributed by atoms with Crippen LogP contribution in [0.3, 0.4) is 0 Å². The maximum Gasteiger partial charge on any atom is 0.253 e. The van der Waals surface area contributed by atoms with Crippen molar-refractivity contribution in [3.63, 3.8) is 0 Å². The molecule has 6 nitrogen and oxygen atoms in total. The van der Waals surface area contributed by atoms with Crippen molar-refractivity contribution in [2.24, 2.45) is 5.73 Å². The summed E-state index contributed by atoms with van der Waals surface area (Å²) in [4.78, 5) is 33.0. The standard InChI is InChI=1S/C25H23Cl3N4O2/c1-31(25(34)15-2-6-18(26)7-3-15)22-10-11-32(23-9-5-17(13-30-23)24(29)33)14-19(22)16-4-8-20(27)21(28)12-16/h2-9,12-13,19,22H,10-11,14H2,1H3,(H2,29,33). The van der Waals surface area contributed by atoms with Gasteiger partial charge < -0.3 is 15.5 Å². The Morgan fingerprint density at radius 3 is 2.32 bits per heavy atom. The maximum absolute atomic E-state index is 13.3. The fraction of sp³-hybridized carbons (Fsp3) is 0.240. The number of hydrogen-bond donors (Lipinski definition) is 1. The van der Waals surface area contributed by atoms with Crippen molar-refractivity contribution in [1.82, 2.24) is 9.88 Å². The molecule has 1 aromatic heterocycles. The lowest BCUT2D eigenvalue weighted by Gasteiger charge is -2.43. The summed E-state index contributed by atoms with van der Waals surface area (Å²) in [6.07, 6.45) is 2.19. The predicted octanol–water partition coefficient (Wildman–Crippen LogP) is 5.28. The summed E-state index contributed by atoms with van der Waals surface area (Å²) in [7, 11) is 1.82. The van der Waals surface area contributed by atoms with E-state index in [0.29, 0.717) is 45.7 Å². The molecule has 2 unspecified atom stereocenters. The van der Waals surface area contributed by atoms with Crippen LogP contribution in [0.25, 0.3) is 0 Å². The number of rotatable bonds is 5. The molecule has 2 atom stereocenters. The lowest BCUT2D eigenvalue weighted by Crippen LogP contribution is -2.50. The highest BCUT2D eigenvalue weighted by atomic mass is 35.5. The average Bonchev–Trinajstić information content (AvgIpc) is 2.85. The number of piperidine rings is 1. The molecule has 0 bridgehead atoms. The summed E-state index contributed by atoms with van der Waals surface area (Å²) in [5.74, 6) is 0.0838. The Kier molecular flexibility index (Phi) is 7.31. The van der Waals surface area contributed by atoms with E-state index >= 15 is 0 Å². The van der Waals surface area contributed by atoms with Gasteiger partial charge >= 0.3 is 0 Å². The van der Waals surface area contributed by atoms with Gasteiger partial charge in [0.2, 0.25) is 5.91 Å². The van der Waals surface area contributed by atoms with Gasteiger partial charge in [0, 0.05) is 48.9 Å². The van der Waals surface area contributed by atoms with E-state index in [1.807, 2.05) is 19.2 Å². The number of anilines is 1. The monoisotopic (exact) mass is 516 g/mol. The van der Waals surface area contributed by atoms with Crippen molar-refractivity contribution in [1.29, 1.82) is 0 Å². The highest BCUT2D eigenvalue weighted by Crippen LogP contribution is 2.35. The molecule has 0 saturated carbocycles. The van der Waals surface area contributed by atoms with Crippen molar-refractivity contribution in [2.45, 2.75) is 18.4 Å². The van der Waals surface area contributed by atoms with E-state index in [0.717, 1.165) is 11.4 Å². The molecule has 4 rings (SSSR count). The number of benzene rings is 2. The molecule has 9 heteroatoms. The molecule has 34 heavy (non-hydrogen) atoms. The van der Waals surface area contributed by atoms with Gasteiger partial charge in [-0.15, -0.1) is 0 Å². The number of nitrogens with zero attached hydrogens (tertiary/aromatic N) is 3. The van der Waals surface area contributed by atoms with Gasteiger partial charge in [0.25, 0.3) is 5.91 Å². The number of aromatic nitrogens is 1. The minimum atomic E-state index is -0.520. The van der Waals surface area contributed by atoms with Gasteiger partial charge in [-0.05, 0) is 60.5 Å². The Morgan fingerprint density at radius 2 is 1.71 bits per heavy atom. The summed E-state index contributed by atoms with van der Waals surface area (Å²) in [5.41, 5.74) is 7.25. The lowest BCUT2D eigenvalue weighted by atomic mass is 9.84. The van der Waals surface area contributed by atoms with Gasteiger partial charge in [-0.2, -0.15) is 0 Å². The molecule has 2 amide bonds. The molecule has 0 radical (unpaired) electrons. The number of likely N-dealkylation sites (N-methyl/N-ethyl adjacent to an activating group) is 1. The first-order valence-corrected chi connectivity index (χ1v) is 11.9. The zero-order chi connectivity index (χ0) is 24.4. The van der Waals surface area contributed by atoms with Crippen LogP contribution in [0.4, 0.5) is 5.82 Å². The van der Waals surface area contributed by atoms with Crippen LogP contribution in [0.15, 0.2) is 60.8 Å². The second-order valence-corrected chi connectivity index (χ2v) is 9.53. The first kappa shape index (κ1) is 24.3. The van der Waals surface area contributed by atoms with Crippen LogP contribution in [0.5, 0.6) is 0 Å². The summed E-state index contributed by atoms with van der Waals surface area (Å²) < 4.78 is 0. The predicted molar refractivity (Wildman–Crippen MR) is 136 cm³/mol. The van der Waals surface area contributed by atoms with Gasteiger partial charge in [-0.25, -0.2) is 4.98 Å². The van der Waals surface area contributed by atoms with Gasteiger partial charge in [-0.3, -0.25) is 9.59 Å². The van der Waals surface area contributed by atoms with Gasteiger partial charge in [-0.1, -0.05) is 40.9 Å². The van der Waals surface area contributed by atoms with Crippen LogP contribution in [-0.2, 0) is 0 Å². The van der Waals surface area contributed by atoms with E-state index < -0.39 is 5.91 Å². The number of carbonyl (C=O) groups excluding carboxylic acids is 2. The molecule has 176 valence electrons. The van der Waals surface area contributed by atoms with Crippen molar-refractivity contribution < 1.29 is 9.59 Å². The third kappa shape index (κ3) is 5.14. The number of amides is 2. The topological polar surface area (TPSA) is 79.5 Å². The summed E-state index contributed by atoms with van der Waals surface area (Å²) in [5, 5.41) is 1.52. The summed E-state index contributed by atoms with van der Waals surface area (Å²) in [6, 6.07) is 15.8.